The molecule has 0 aromatic carbocycles. The highest BCUT2D eigenvalue weighted by Gasteiger charge is 2.27. The van der Waals surface area contributed by atoms with Gasteiger partial charge in [0.1, 0.15) is 0 Å². The molecule has 2 aliphatic rings. The van der Waals surface area contributed by atoms with Crippen molar-refractivity contribution < 1.29 is 0 Å². The standard InChI is InChI=1S/C10H20N2.C3H8/c1-2-9-4-7-12(8-5-9)10-3-6-11-10;1-3-2/h9-11H,2-8H2,1H3;3H2,1-2H3. The number of nitrogens with zero attached hydrogens (tertiary/aromatic N) is 1. The van der Waals surface area contributed by atoms with Gasteiger partial charge in [0.15, 0.2) is 0 Å². The molecule has 1 unspecified atom stereocenters. The third-order valence-corrected chi connectivity index (χ3v) is 3.46. The highest BCUT2D eigenvalue weighted by atomic mass is 15.3. The molecule has 0 aliphatic carbocycles. The van der Waals surface area contributed by atoms with E-state index in [9.17, 15) is 0 Å². The summed E-state index contributed by atoms with van der Waals surface area (Å²) in [6.45, 7) is 10.5. The van der Waals surface area contributed by atoms with Crippen LogP contribution in [0, 0.1) is 5.92 Å². The van der Waals surface area contributed by atoms with E-state index in [-0.39, 0.29) is 0 Å². The molecule has 0 amide bonds. The van der Waals surface area contributed by atoms with Gasteiger partial charge in [-0.15, -0.1) is 0 Å². The fourth-order valence-corrected chi connectivity index (χ4v) is 2.26. The molecule has 2 heterocycles. The summed E-state index contributed by atoms with van der Waals surface area (Å²) in [5, 5.41) is 3.47. The van der Waals surface area contributed by atoms with Crippen molar-refractivity contribution in [2.75, 3.05) is 19.6 Å². The Hall–Kier alpha value is -0.0800. The Labute approximate surface area is 95.4 Å². The lowest BCUT2D eigenvalue weighted by molar-refractivity contribution is 0.0697. The van der Waals surface area contributed by atoms with Crippen LogP contribution in [-0.2, 0) is 0 Å². The molecule has 0 aromatic heterocycles. The zero-order valence-corrected chi connectivity index (χ0v) is 10.8. The minimum absolute atomic E-state index is 0.739. The van der Waals surface area contributed by atoms with Crippen LogP contribution in [0.2, 0.25) is 0 Å². The summed E-state index contributed by atoms with van der Waals surface area (Å²) in [6.07, 6.45) is 7.59. The van der Waals surface area contributed by atoms with Gasteiger partial charge in [-0.1, -0.05) is 33.6 Å². The summed E-state index contributed by atoms with van der Waals surface area (Å²) in [5.41, 5.74) is 0. The minimum Gasteiger partial charge on any atom is -0.302 e. The van der Waals surface area contributed by atoms with Gasteiger partial charge in [-0.25, -0.2) is 0 Å². The lowest BCUT2D eigenvalue weighted by Crippen LogP contribution is -2.56. The van der Waals surface area contributed by atoms with Gasteiger partial charge >= 0.3 is 0 Å². The lowest BCUT2D eigenvalue weighted by atomic mass is 9.93. The maximum Gasteiger partial charge on any atom is 0.0609 e. The van der Waals surface area contributed by atoms with Crippen LogP contribution in [0.15, 0.2) is 0 Å². The lowest BCUT2D eigenvalue weighted by Gasteiger charge is -2.42. The Balaban J connectivity index is 0.000000337. The Morgan fingerprint density at radius 1 is 1.07 bits per heavy atom. The average Bonchev–Trinajstić information content (AvgIpc) is 2.18. The Bertz CT molecular complexity index is 147. The predicted molar refractivity (Wildman–Crippen MR) is 67.0 cm³/mol. The van der Waals surface area contributed by atoms with E-state index in [1.807, 2.05) is 0 Å². The van der Waals surface area contributed by atoms with Crippen LogP contribution in [0.4, 0.5) is 0 Å². The second kappa shape index (κ2) is 7.24. The molecule has 0 bridgehead atoms. The first-order valence-corrected chi connectivity index (χ1v) is 6.79. The van der Waals surface area contributed by atoms with Crippen LogP contribution >= 0.6 is 0 Å². The van der Waals surface area contributed by atoms with Crippen LogP contribution < -0.4 is 5.32 Å². The van der Waals surface area contributed by atoms with Crippen LogP contribution in [0.1, 0.15) is 52.9 Å². The number of nitrogens with one attached hydrogen (secondary N) is 1. The van der Waals surface area contributed by atoms with Gasteiger partial charge in [-0.3, -0.25) is 4.90 Å². The zero-order chi connectivity index (χ0) is 11.1. The first-order valence-electron chi connectivity index (χ1n) is 6.79. The fourth-order valence-electron chi connectivity index (χ4n) is 2.26. The summed E-state index contributed by atoms with van der Waals surface area (Å²) in [4.78, 5) is 2.62. The summed E-state index contributed by atoms with van der Waals surface area (Å²) in [7, 11) is 0. The molecule has 2 aliphatic heterocycles. The van der Waals surface area contributed by atoms with Crippen molar-refractivity contribution in [2.45, 2.75) is 59.0 Å². The normalized spacial score (nSPS) is 27.8. The Morgan fingerprint density at radius 2 is 1.60 bits per heavy atom. The third kappa shape index (κ3) is 4.12. The SMILES string of the molecule is CCC.CCC1CCN(C2CCN2)CC1. The number of likely N-dealkylation sites (tertiary alicyclic amines) is 1. The molecule has 0 aromatic rings. The molecule has 0 saturated carbocycles. The monoisotopic (exact) mass is 212 g/mol. The average molecular weight is 212 g/mol. The molecule has 2 nitrogen and oxygen atoms in total. The van der Waals surface area contributed by atoms with Gasteiger partial charge in [0.25, 0.3) is 0 Å². The molecule has 90 valence electrons. The maximum absolute atomic E-state index is 3.47. The second-order valence-electron chi connectivity index (χ2n) is 4.85. The first kappa shape index (κ1) is 13.0. The van der Waals surface area contributed by atoms with Crippen LogP contribution in [0.5, 0.6) is 0 Å². The zero-order valence-electron chi connectivity index (χ0n) is 10.8. The molecule has 2 fully saturated rings. The van der Waals surface area contributed by atoms with Crippen LogP contribution in [-0.4, -0.2) is 30.7 Å². The number of piperidine rings is 1. The van der Waals surface area contributed by atoms with Crippen molar-refractivity contribution >= 4 is 0 Å². The quantitative estimate of drug-likeness (QED) is 0.757. The Kier molecular flexibility index (Phi) is 6.26. The number of rotatable bonds is 2. The van der Waals surface area contributed by atoms with Crippen LogP contribution in [0.3, 0.4) is 0 Å². The van der Waals surface area contributed by atoms with Crippen molar-refractivity contribution in [3.63, 3.8) is 0 Å². The van der Waals surface area contributed by atoms with Crippen molar-refractivity contribution in [2.24, 2.45) is 5.92 Å². The second-order valence-corrected chi connectivity index (χ2v) is 4.85. The van der Waals surface area contributed by atoms with E-state index < -0.39 is 0 Å². The molecular weight excluding hydrogens is 184 g/mol. The maximum atomic E-state index is 3.47. The van der Waals surface area contributed by atoms with Crippen molar-refractivity contribution in [1.29, 1.82) is 0 Å². The van der Waals surface area contributed by atoms with Gasteiger partial charge in [0, 0.05) is 0 Å². The van der Waals surface area contributed by atoms with E-state index >= 15 is 0 Å². The van der Waals surface area contributed by atoms with Crippen molar-refractivity contribution in [3.05, 3.63) is 0 Å². The van der Waals surface area contributed by atoms with E-state index in [0.29, 0.717) is 0 Å². The van der Waals surface area contributed by atoms with E-state index in [1.165, 1.54) is 51.7 Å². The summed E-state index contributed by atoms with van der Waals surface area (Å²) < 4.78 is 0. The molecule has 15 heavy (non-hydrogen) atoms. The van der Waals surface area contributed by atoms with Gasteiger partial charge in [0.2, 0.25) is 0 Å². The predicted octanol–water partition coefficient (Wildman–Crippen LogP) is 2.84. The summed E-state index contributed by atoms with van der Waals surface area (Å²) in [6, 6.07) is 0. The molecule has 1 atom stereocenters. The minimum atomic E-state index is 0.739. The molecule has 0 spiro atoms. The number of hydrogen-bond donors (Lipinski definition) is 1. The largest absolute Gasteiger partial charge is 0.302 e. The van der Waals surface area contributed by atoms with Crippen molar-refractivity contribution in [3.8, 4) is 0 Å². The van der Waals surface area contributed by atoms with E-state index in [4.69, 9.17) is 0 Å². The van der Waals surface area contributed by atoms with Gasteiger partial charge in [0.05, 0.1) is 6.17 Å². The summed E-state index contributed by atoms with van der Waals surface area (Å²) >= 11 is 0. The Morgan fingerprint density at radius 3 is 1.93 bits per heavy atom. The van der Waals surface area contributed by atoms with Gasteiger partial charge in [-0.2, -0.15) is 0 Å². The van der Waals surface area contributed by atoms with E-state index in [1.54, 1.807) is 0 Å². The first-order chi connectivity index (χ1) is 7.31. The topological polar surface area (TPSA) is 15.3 Å². The van der Waals surface area contributed by atoms with E-state index in [0.717, 1.165) is 12.1 Å². The molecule has 0 radical (unpaired) electrons. The molecule has 2 heteroatoms. The molecule has 2 rings (SSSR count). The van der Waals surface area contributed by atoms with Crippen LogP contribution in [0.25, 0.3) is 0 Å². The highest BCUT2D eigenvalue weighted by molar-refractivity contribution is 4.82. The molecular formula is C13H28N2. The summed E-state index contributed by atoms with van der Waals surface area (Å²) in [5.74, 6) is 1.02. The highest BCUT2D eigenvalue weighted by Crippen LogP contribution is 2.22. The van der Waals surface area contributed by atoms with Gasteiger partial charge < -0.3 is 5.32 Å². The number of hydrogen-bond acceptors (Lipinski definition) is 2. The smallest absolute Gasteiger partial charge is 0.0609 e. The van der Waals surface area contributed by atoms with E-state index in [2.05, 4.69) is 31.0 Å². The third-order valence-electron chi connectivity index (χ3n) is 3.46. The molecule has 2 saturated heterocycles. The molecule has 1 N–H and O–H groups in total. The van der Waals surface area contributed by atoms with Gasteiger partial charge in [-0.05, 0) is 44.8 Å². The fraction of sp³-hybridized carbons (Fsp3) is 1.00. The van der Waals surface area contributed by atoms with Crippen molar-refractivity contribution in [1.82, 2.24) is 10.2 Å².